The molecule has 1 aromatic heterocycles. The Kier molecular flexibility index (Phi) is 5.52. The minimum Gasteiger partial charge on any atom is -0.480 e. The van der Waals surface area contributed by atoms with Crippen LogP contribution in [-0.4, -0.2) is 35.0 Å². The van der Waals surface area contributed by atoms with Gasteiger partial charge in [0, 0.05) is 18.4 Å². The molecule has 0 spiro atoms. The van der Waals surface area contributed by atoms with E-state index in [1.54, 1.807) is 13.0 Å². The summed E-state index contributed by atoms with van der Waals surface area (Å²) in [5, 5.41) is 15.6. The summed E-state index contributed by atoms with van der Waals surface area (Å²) in [4.78, 5) is 23.9. The third-order valence-electron chi connectivity index (χ3n) is 5.29. The van der Waals surface area contributed by atoms with Gasteiger partial charge in [-0.3, -0.25) is 0 Å². The van der Waals surface area contributed by atoms with E-state index < -0.39 is 18.1 Å². The largest absolute Gasteiger partial charge is 0.480 e. The lowest BCUT2D eigenvalue weighted by Crippen LogP contribution is -2.41. The first-order valence-electron chi connectivity index (χ1n) is 9.79. The summed E-state index contributed by atoms with van der Waals surface area (Å²) in [7, 11) is 0. The van der Waals surface area contributed by atoms with E-state index in [1.165, 1.54) is 0 Å². The second-order valence-electron chi connectivity index (χ2n) is 7.33. The number of ether oxygens (including phenoxy) is 1. The Balaban J connectivity index is 1.38. The van der Waals surface area contributed by atoms with Crippen LogP contribution in [0, 0.1) is 6.92 Å². The van der Waals surface area contributed by atoms with E-state index in [0.29, 0.717) is 12.2 Å². The molecule has 0 saturated heterocycles. The Morgan fingerprint density at radius 3 is 2.33 bits per heavy atom. The first-order chi connectivity index (χ1) is 14.5. The Bertz CT molecular complexity index is 1030. The van der Waals surface area contributed by atoms with Crippen LogP contribution in [0.1, 0.15) is 34.9 Å². The Hall–Kier alpha value is -3.61. The standard InChI is InChI=1S/C23H22N2O5/c1-14-12-15(30-25-14)10-11-21(22(26)27)24-23(28)29-13-20-18-8-4-2-6-16(18)17-7-3-5-9-19(17)20/h2-9,12,20-21H,10-11,13H2,1H3,(H,24,28)(H,26,27). The average molecular weight is 406 g/mol. The van der Waals surface area contributed by atoms with Crippen molar-refractivity contribution in [1.29, 1.82) is 0 Å². The smallest absolute Gasteiger partial charge is 0.407 e. The van der Waals surface area contributed by atoms with Crippen LogP contribution in [0.2, 0.25) is 0 Å². The maximum atomic E-state index is 12.3. The first-order valence-corrected chi connectivity index (χ1v) is 9.79. The zero-order chi connectivity index (χ0) is 21.1. The normalized spacial score (nSPS) is 13.4. The van der Waals surface area contributed by atoms with Crippen molar-refractivity contribution in [2.45, 2.75) is 31.7 Å². The van der Waals surface area contributed by atoms with Crippen LogP contribution in [-0.2, 0) is 16.0 Å². The quantitative estimate of drug-likeness (QED) is 0.617. The summed E-state index contributed by atoms with van der Waals surface area (Å²) < 4.78 is 10.5. The van der Waals surface area contributed by atoms with Gasteiger partial charge < -0.3 is 19.7 Å². The summed E-state index contributed by atoms with van der Waals surface area (Å²) >= 11 is 0. The number of hydrogen-bond acceptors (Lipinski definition) is 5. The van der Waals surface area contributed by atoms with Gasteiger partial charge in [0.1, 0.15) is 18.4 Å². The van der Waals surface area contributed by atoms with E-state index >= 15 is 0 Å². The summed E-state index contributed by atoms with van der Waals surface area (Å²) in [5.74, 6) is -0.628. The fourth-order valence-corrected chi connectivity index (χ4v) is 3.86. The number of carbonyl (C=O) groups is 2. The van der Waals surface area contributed by atoms with Gasteiger partial charge in [0.25, 0.3) is 0 Å². The highest BCUT2D eigenvalue weighted by molar-refractivity contribution is 5.81. The van der Waals surface area contributed by atoms with Crippen LogP contribution in [0.5, 0.6) is 0 Å². The van der Waals surface area contributed by atoms with Gasteiger partial charge in [0.15, 0.2) is 0 Å². The Morgan fingerprint density at radius 1 is 1.13 bits per heavy atom. The molecular weight excluding hydrogens is 384 g/mol. The number of carboxylic acid groups (broad SMARTS) is 1. The van der Waals surface area contributed by atoms with E-state index in [-0.39, 0.29) is 18.9 Å². The molecule has 0 radical (unpaired) electrons. The second-order valence-corrected chi connectivity index (χ2v) is 7.33. The predicted octanol–water partition coefficient (Wildman–Crippen LogP) is 3.91. The molecule has 0 aliphatic heterocycles. The number of nitrogens with zero attached hydrogens (tertiary/aromatic N) is 1. The van der Waals surface area contributed by atoms with Crippen LogP contribution in [0.15, 0.2) is 59.1 Å². The molecule has 1 atom stereocenters. The topological polar surface area (TPSA) is 102 Å². The van der Waals surface area contributed by atoms with Crippen molar-refractivity contribution in [3.63, 3.8) is 0 Å². The van der Waals surface area contributed by atoms with Gasteiger partial charge in [-0.25, -0.2) is 9.59 Å². The molecule has 154 valence electrons. The van der Waals surface area contributed by atoms with E-state index in [2.05, 4.69) is 22.6 Å². The molecule has 1 aliphatic carbocycles. The van der Waals surface area contributed by atoms with Gasteiger partial charge in [-0.05, 0) is 35.6 Å². The van der Waals surface area contributed by atoms with Gasteiger partial charge in [0.2, 0.25) is 0 Å². The van der Waals surface area contributed by atoms with Gasteiger partial charge >= 0.3 is 12.1 Å². The highest BCUT2D eigenvalue weighted by atomic mass is 16.5. The highest BCUT2D eigenvalue weighted by Crippen LogP contribution is 2.44. The van der Waals surface area contributed by atoms with E-state index in [0.717, 1.165) is 27.9 Å². The Morgan fingerprint density at radius 2 is 1.77 bits per heavy atom. The lowest BCUT2D eigenvalue weighted by Gasteiger charge is -2.17. The van der Waals surface area contributed by atoms with E-state index in [4.69, 9.17) is 9.26 Å². The number of alkyl carbamates (subject to hydrolysis) is 1. The molecule has 0 fully saturated rings. The number of amides is 1. The number of aromatic nitrogens is 1. The van der Waals surface area contributed by atoms with E-state index in [9.17, 15) is 14.7 Å². The zero-order valence-corrected chi connectivity index (χ0v) is 16.5. The first kappa shape index (κ1) is 19.7. The molecule has 30 heavy (non-hydrogen) atoms. The maximum absolute atomic E-state index is 12.3. The van der Waals surface area contributed by atoms with Crippen molar-refractivity contribution in [3.05, 3.63) is 77.2 Å². The second kappa shape index (κ2) is 8.41. The lowest BCUT2D eigenvalue weighted by molar-refractivity contribution is -0.139. The molecule has 4 rings (SSSR count). The van der Waals surface area contributed by atoms with Crippen LogP contribution >= 0.6 is 0 Å². The van der Waals surface area contributed by atoms with Crippen molar-refractivity contribution in [1.82, 2.24) is 10.5 Å². The highest BCUT2D eigenvalue weighted by Gasteiger charge is 2.29. The number of aryl methyl sites for hydroxylation is 2. The molecule has 1 aliphatic rings. The van der Waals surface area contributed by atoms with Gasteiger partial charge in [-0.1, -0.05) is 53.7 Å². The minimum absolute atomic E-state index is 0.0800. The summed E-state index contributed by atoms with van der Waals surface area (Å²) in [6.07, 6.45) is -0.228. The SMILES string of the molecule is Cc1cc(CCC(NC(=O)OCC2c3ccccc3-c3ccccc32)C(=O)O)on1. The summed E-state index contributed by atoms with van der Waals surface area (Å²) in [6.45, 7) is 1.92. The molecule has 2 aromatic carbocycles. The van der Waals surface area contributed by atoms with Gasteiger partial charge in [-0.2, -0.15) is 0 Å². The molecular formula is C23H22N2O5. The van der Waals surface area contributed by atoms with Crippen LogP contribution in [0.4, 0.5) is 4.79 Å². The minimum atomic E-state index is -1.13. The molecule has 7 nitrogen and oxygen atoms in total. The van der Waals surface area contributed by atoms with Crippen molar-refractivity contribution >= 4 is 12.1 Å². The number of aliphatic carboxylic acids is 1. The molecule has 1 unspecified atom stereocenters. The number of hydrogen-bond donors (Lipinski definition) is 2. The fraction of sp³-hybridized carbons (Fsp3) is 0.261. The van der Waals surface area contributed by atoms with Crippen molar-refractivity contribution in [3.8, 4) is 11.1 Å². The lowest BCUT2D eigenvalue weighted by atomic mass is 9.98. The van der Waals surface area contributed by atoms with Gasteiger partial charge in [0.05, 0.1) is 5.69 Å². The summed E-state index contributed by atoms with van der Waals surface area (Å²) in [6, 6.07) is 16.7. The van der Waals surface area contributed by atoms with Crippen LogP contribution < -0.4 is 5.32 Å². The van der Waals surface area contributed by atoms with Crippen LogP contribution in [0.3, 0.4) is 0 Å². The van der Waals surface area contributed by atoms with Crippen molar-refractivity contribution < 1.29 is 24.0 Å². The molecule has 0 saturated carbocycles. The van der Waals surface area contributed by atoms with E-state index in [1.807, 2.05) is 36.4 Å². The number of fused-ring (bicyclic) bond motifs is 3. The molecule has 1 heterocycles. The number of rotatable bonds is 7. The fourth-order valence-electron chi connectivity index (χ4n) is 3.86. The zero-order valence-electron chi connectivity index (χ0n) is 16.5. The third kappa shape index (κ3) is 4.05. The van der Waals surface area contributed by atoms with Crippen molar-refractivity contribution in [2.24, 2.45) is 0 Å². The van der Waals surface area contributed by atoms with Crippen LogP contribution in [0.25, 0.3) is 11.1 Å². The average Bonchev–Trinajstić information content (AvgIpc) is 3.30. The molecule has 0 bridgehead atoms. The van der Waals surface area contributed by atoms with Crippen molar-refractivity contribution in [2.75, 3.05) is 6.61 Å². The maximum Gasteiger partial charge on any atom is 0.407 e. The number of carbonyl (C=O) groups excluding carboxylic acids is 1. The summed E-state index contributed by atoms with van der Waals surface area (Å²) in [5.41, 5.74) is 5.19. The molecule has 2 N–H and O–H groups in total. The number of benzene rings is 2. The third-order valence-corrected chi connectivity index (χ3v) is 5.29. The Labute approximate surface area is 173 Å². The number of nitrogens with one attached hydrogen (secondary N) is 1. The number of carboxylic acids is 1. The molecule has 3 aromatic rings. The molecule has 7 heteroatoms. The predicted molar refractivity (Wildman–Crippen MR) is 109 cm³/mol. The monoisotopic (exact) mass is 406 g/mol. The van der Waals surface area contributed by atoms with Gasteiger partial charge in [-0.15, -0.1) is 0 Å². The molecule has 1 amide bonds.